The molecule has 1 aliphatic carbocycles. The number of hydrogen-bond donors (Lipinski definition) is 1. The molecule has 1 saturated carbocycles. The minimum Gasteiger partial charge on any atom is -0.465 e. The fourth-order valence-electron chi connectivity index (χ4n) is 2.34. The molecule has 0 saturated heterocycles. The van der Waals surface area contributed by atoms with E-state index < -0.39 is 11.9 Å². The average molecular weight is 339 g/mol. The van der Waals surface area contributed by atoms with Crippen LogP contribution in [0.2, 0.25) is 0 Å². The SMILES string of the molecule is O=C(/C=C/c1ccco1)NCCn1nc(C(F)(F)F)cc1C1CC1. The third-order valence-electron chi connectivity index (χ3n) is 3.66. The van der Waals surface area contributed by atoms with Gasteiger partial charge in [-0.25, -0.2) is 0 Å². The van der Waals surface area contributed by atoms with Crippen molar-refractivity contribution in [2.24, 2.45) is 0 Å². The largest absolute Gasteiger partial charge is 0.465 e. The van der Waals surface area contributed by atoms with Crippen LogP contribution in [0.25, 0.3) is 6.08 Å². The van der Waals surface area contributed by atoms with E-state index in [4.69, 9.17) is 4.42 Å². The summed E-state index contributed by atoms with van der Waals surface area (Å²) in [4.78, 5) is 11.7. The van der Waals surface area contributed by atoms with Crippen LogP contribution < -0.4 is 5.32 Å². The van der Waals surface area contributed by atoms with E-state index in [1.807, 2.05) is 0 Å². The average Bonchev–Trinajstić information content (AvgIpc) is 3.06. The zero-order chi connectivity index (χ0) is 17.2. The molecule has 5 nitrogen and oxygen atoms in total. The van der Waals surface area contributed by atoms with E-state index in [1.165, 1.54) is 23.1 Å². The number of amides is 1. The summed E-state index contributed by atoms with van der Waals surface area (Å²) in [7, 11) is 0. The number of carbonyl (C=O) groups is 1. The molecule has 8 heteroatoms. The number of hydrogen-bond acceptors (Lipinski definition) is 3. The van der Waals surface area contributed by atoms with Gasteiger partial charge < -0.3 is 9.73 Å². The van der Waals surface area contributed by atoms with E-state index in [9.17, 15) is 18.0 Å². The van der Waals surface area contributed by atoms with Crippen molar-refractivity contribution in [3.05, 3.63) is 47.7 Å². The van der Waals surface area contributed by atoms with Crippen LogP contribution in [0.15, 0.2) is 35.0 Å². The smallest absolute Gasteiger partial charge is 0.435 e. The lowest BCUT2D eigenvalue weighted by molar-refractivity contribution is -0.141. The van der Waals surface area contributed by atoms with Gasteiger partial charge >= 0.3 is 6.18 Å². The third kappa shape index (κ3) is 4.06. The molecule has 1 amide bonds. The van der Waals surface area contributed by atoms with Gasteiger partial charge in [0.25, 0.3) is 0 Å². The first kappa shape index (κ1) is 16.4. The number of furan rings is 1. The first-order chi connectivity index (χ1) is 11.4. The third-order valence-corrected chi connectivity index (χ3v) is 3.66. The summed E-state index contributed by atoms with van der Waals surface area (Å²) in [5.41, 5.74) is -0.295. The van der Waals surface area contributed by atoms with Crippen LogP contribution in [0.1, 0.15) is 35.9 Å². The van der Waals surface area contributed by atoms with E-state index in [0.29, 0.717) is 11.5 Å². The van der Waals surface area contributed by atoms with Gasteiger partial charge in [-0.2, -0.15) is 18.3 Å². The zero-order valence-electron chi connectivity index (χ0n) is 12.7. The molecule has 0 unspecified atom stereocenters. The van der Waals surface area contributed by atoms with Crippen molar-refractivity contribution in [3.63, 3.8) is 0 Å². The van der Waals surface area contributed by atoms with E-state index in [2.05, 4.69) is 10.4 Å². The molecule has 1 N–H and O–H groups in total. The summed E-state index contributed by atoms with van der Waals surface area (Å²) in [5, 5.41) is 6.25. The van der Waals surface area contributed by atoms with Gasteiger partial charge in [0.2, 0.25) is 5.91 Å². The van der Waals surface area contributed by atoms with Gasteiger partial charge in [0, 0.05) is 24.2 Å². The second-order valence-electron chi connectivity index (χ2n) is 5.59. The van der Waals surface area contributed by atoms with Gasteiger partial charge in [0.1, 0.15) is 5.76 Å². The maximum absolute atomic E-state index is 12.8. The lowest BCUT2D eigenvalue weighted by Gasteiger charge is -2.07. The van der Waals surface area contributed by atoms with Crippen LogP contribution in [-0.4, -0.2) is 22.2 Å². The molecular formula is C16H16F3N3O2. The van der Waals surface area contributed by atoms with E-state index in [1.54, 1.807) is 12.1 Å². The molecule has 0 atom stereocenters. The van der Waals surface area contributed by atoms with Crippen molar-refractivity contribution in [2.45, 2.75) is 31.5 Å². The lowest BCUT2D eigenvalue weighted by atomic mass is 10.2. The predicted octanol–water partition coefficient (Wildman–Crippen LogP) is 3.20. The van der Waals surface area contributed by atoms with Crippen molar-refractivity contribution < 1.29 is 22.4 Å². The standard InChI is InChI=1S/C16H16F3N3O2/c17-16(18,19)14-10-13(11-3-4-11)22(21-14)8-7-20-15(23)6-5-12-2-1-9-24-12/h1-2,5-6,9-11H,3-4,7-8H2,(H,20,23)/b6-5+. The molecule has 0 aromatic carbocycles. The Morgan fingerprint density at radius 2 is 2.25 bits per heavy atom. The molecule has 1 fully saturated rings. The highest BCUT2D eigenvalue weighted by Crippen LogP contribution is 2.42. The fourth-order valence-corrected chi connectivity index (χ4v) is 2.34. The first-order valence-electron chi connectivity index (χ1n) is 7.58. The van der Waals surface area contributed by atoms with Crippen molar-refractivity contribution in [2.75, 3.05) is 6.54 Å². The van der Waals surface area contributed by atoms with Gasteiger partial charge in [-0.1, -0.05) is 0 Å². The van der Waals surface area contributed by atoms with Crippen molar-refractivity contribution in [3.8, 4) is 0 Å². The highest BCUT2D eigenvalue weighted by Gasteiger charge is 2.37. The number of alkyl halides is 3. The van der Waals surface area contributed by atoms with Gasteiger partial charge in [0.05, 0.1) is 12.8 Å². The van der Waals surface area contributed by atoms with Crippen molar-refractivity contribution in [1.82, 2.24) is 15.1 Å². The molecule has 0 bridgehead atoms. The Morgan fingerprint density at radius 3 is 2.88 bits per heavy atom. The number of halogens is 3. The van der Waals surface area contributed by atoms with E-state index in [0.717, 1.165) is 18.9 Å². The summed E-state index contributed by atoms with van der Waals surface area (Å²) in [6.45, 7) is 0.391. The predicted molar refractivity (Wildman–Crippen MR) is 80.0 cm³/mol. The van der Waals surface area contributed by atoms with E-state index >= 15 is 0 Å². The molecule has 0 aliphatic heterocycles. The van der Waals surface area contributed by atoms with Crippen LogP contribution in [0.4, 0.5) is 13.2 Å². The second-order valence-corrected chi connectivity index (χ2v) is 5.59. The Labute approximate surface area is 136 Å². The quantitative estimate of drug-likeness (QED) is 0.822. The monoisotopic (exact) mass is 339 g/mol. The first-order valence-corrected chi connectivity index (χ1v) is 7.58. The summed E-state index contributed by atoms with van der Waals surface area (Å²) in [5.74, 6) is 0.341. The van der Waals surface area contributed by atoms with Crippen molar-refractivity contribution >= 4 is 12.0 Å². The summed E-state index contributed by atoms with van der Waals surface area (Å²) >= 11 is 0. The Hall–Kier alpha value is -2.51. The number of nitrogens with zero attached hydrogens (tertiary/aromatic N) is 2. The minimum absolute atomic E-state index is 0.142. The zero-order valence-corrected chi connectivity index (χ0v) is 12.7. The van der Waals surface area contributed by atoms with Gasteiger partial charge in [-0.3, -0.25) is 9.48 Å². The number of carbonyl (C=O) groups excluding carboxylic acids is 1. The minimum atomic E-state index is -4.45. The Morgan fingerprint density at radius 1 is 1.46 bits per heavy atom. The molecule has 24 heavy (non-hydrogen) atoms. The molecule has 128 valence electrons. The molecule has 2 aromatic heterocycles. The molecule has 0 radical (unpaired) electrons. The van der Waals surface area contributed by atoms with Crippen LogP contribution >= 0.6 is 0 Å². The van der Waals surface area contributed by atoms with Crippen LogP contribution in [0.3, 0.4) is 0 Å². The van der Waals surface area contributed by atoms with Crippen molar-refractivity contribution in [1.29, 1.82) is 0 Å². The van der Waals surface area contributed by atoms with Crippen LogP contribution in [-0.2, 0) is 17.5 Å². The van der Waals surface area contributed by atoms with E-state index in [-0.39, 0.29) is 24.9 Å². The second kappa shape index (κ2) is 6.54. The summed E-state index contributed by atoms with van der Waals surface area (Å²) < 4.78 is 44.8. The molecule has 0 spiro atoms. The molecular weight excluding hydrogens is 323 g/mol. The lowest BCUT2D eigenvalue weighted by Crippen LogP contribution is -2.26. The van der Waals surface area contributed by atoms with Crippen LogP contribution in [0.5, 0.6) is 0 Å². The molecule has 3 rings (SSSR count). The maximum atomic E-state index is 12.8. The highest BCUT2D eigenvalue weighted by molar-refractivity contribution is 5.91. The molecule has 1 aliphatic rings. The number of rotatable bonds is 6. The highest BCUT2D eigenvalue weighted by atomic mass is 19.4. The van der Waals surface area contributed by atoms with Gasteiger partial charge in [-0.05, 0) is 37.1 Å². The van der Waals surface area contributed by atoms with Gasteiger partial charge in [-0.15, -0.1) is 0 Å². The Balaban J connectivity index is 1.56. The summed E-state index contributed by atoms with van der Waals surface area (Å²) in [6, 6.07) is 4.51. The fraction of sp³-hybridized carbons (Fsp3) is 0.375. The maximum Gasteiger partial charge on any atom is 0.435 e. The number of nitrogens with one attached hydrogen (secondary N) is 1. The topological polar surface area (TPSA) is 60.1 Å². The van der Waals surface area contributed by atoms with Gasteiger partial charge in [0.15, 0.2) is 5.69 Å². The number of aromatic nitrogens is 2. The summed E-state index contributed by atoms with van der Waals surface area (Å²) in [6.07, 6.45) is 1.62. The Kier molecular flexibility index (Phi) is 4.46. The normalized spacial score (nSPS) is 15.1. The molecule has 2 aromatic rings. The Bertz CT molecular complexity index is 728. The van der Waals surface area contributed by atoms with Crippen LogP contribution in [0, 0.1) is 0 Å². The molecule has 2 heterocycles.